The summed E-state index contributed by atoms with van der Waals surface area (Å²) >= 11 is 13.5. The summed E-state index contributed by atoms with van der Waals surface area (Å²) in [5, 5.41) is 12.1. The van der Waals surface area contributed by atoms with Gasteiger partial charge < -0.3 is 0 Å². The van der Waals surface area contributed by atoms with E-state index in [9.17, 15) is 14.9 Å². The van der Waals surface area contributed by atoms with Crippen molar-refractivity contribution in [2.24, 2.45) is 0 Å². The molecule has 0 N–H and O–H groups in total. The minimum atomic E-state index is -0.640. The third-order valence-corrected chi connectivity index (χ3v) is 10.6. The standard InChI is InChI=1S/C22H15ClN2O3S4/c1-10-4-7-14-13(8-10)16-19(31-32-21(16)29)22(2,3)24(14)20(26)18-17(23)12-6-5-11(25(27)28)9-15(12)30-18/h4-9H,1-3H3. The van der Waals surface area contributed by atoms with Gasteiger partial charge in [-0.3, -0.25) is 19.8 Å². The molecule has 10 heteroatoms. The van der Waals surface area contributed by atoms with Crippen LogP contribution in [0.25, 0.3) is 21.2 Å². The Hall–Kier alpha value is -2.17. The number of nitrogens with zero attached hydrogens (tertiary/aromatic N) is 2. The van der Waals surface area contributed by atoms with E-state index >= 15 is 0 Å². The highest BCUT2D eigenvalue weighted by atomic mass is 35.5. The third-order valence-electron chi connectivity index (χ3n) is 5.63. The molecule has 0 saturated carbocycles. The Morgan fingerprint density at radius 1 is 1.19 bits per heavy atom. The molecule has 0 spiro atoms. The van der Waals surface area contributed by atoms with Gasteiger partial charge in [-0.05, 0) is 39.0 Å². The van der Waals surface area contributed by atoms with Gasteiger partial charge in [0.2, 0.25) is 0 Å². The number of hydrogen-bond acceptors (Lipinski definition) is 7. The van der Waals surface area contributed by atoms with Gasteiger partial charge in [0.25, 0.3) is 11.6 Å². The van der Waals surface area contributed by atoms with Gasteiger partial charge >= 0.3 is 0 Å². The minimum absolute atomic E-state index is 0.0313. The average molecular weight is 519 g/mol. The number of nitro benzene ring substituents is 1. The fraction of sp³-hybridized carbons (Fsp3) is 0.182. The van der Waals surface area contributed by atoms with Gasteiger partial charge in [0.1, 0.15) is 8.70 Å². The summed E-state index contributed by atoms with van der Waals surface area (Å²) < 4.78 is 1.43. The second-order valence-corrected chi connectivity index (χ2v) is 12.3. The van der Waals surface area contributed by atoms with Crippen molar-refractivity contribution >= 4 is 83.2 Å². The first-order chi connectivity index (χ1) is 15.1. The first-order valence-corrected chi connectivity index (χ1v) is 13.3. The Morgan fingerprint density at radius 2 is 1.94 bits per heavy atom. The summed E-state index contributed by atoms with van der Waals surface area (Å²) in [6.07, 6.45) is 0. The lowest BCUT2D eigenvalue weighted by molar-refractivity contribution is -0.384. The number of anilines is 1. The summed E-state index contributed by atoms with van der Waals surface area (Å²) in [6.45, 7) is 6.04. The zero-order chi connectivity index (χ0) is 22.9. The average Bonchev–Trinajstić information content (AvgIpc) is 3.29. The van der Waals surface area contributed by atoms with Crippen molar-refractivity contribution in [1.29, 1.82) is 0 Å². The Kier molecular flexibility index (Phi) is 5.03. The first kappa shape index (κ1) is 21.7. The predicted octanol–water partition coefficient (Wildman–Crippen LogP) is 8.19. The number of hydrogen-bond donors (Lipinski definition) is 0. The van der Waals surface area contributed by atoms with Crippen molar-refractivity contribution in [3.05, 3.63) is 70.7 Å². The van der Waals surface area contributed by atoms with Gasteiger partial charge in [0.15, 0.2) is 0 Å². The number of fused-ring (bicyclic) bond motifs is 4. The monoisotopic (exact) mass is 518 g/mol. The van der Waals surface area contributed by atoms with Crippen molar-refractivity contribution in [2.45, 2.75) is 26.3 Å². The van der Waals surface area contributed by atoms with E-state index < -0.39 is 10.5 Å². The summed E-state index contributed by atoms with van der Waals surface area (Å²) in [6, 6.07) is 10.5. The number of nitro groups is 1. The van der Waals surface area contributed by atoms with Gasteiger partial charge in [-0.15, -0.1) is 11.3 Å². The van der Waals surface area contributed by atoms with E-state index in [1.165, 1.54) is 23.5 Å². The maximum absolute atomic E-state index is 14.0. The van der Waals surface area contributed by atoms with Crippen molar-refractivity contribution in [3.8, 4) is 11.1 Å². The number of rotatable bonds is 2. The lowest BCUT2D eigenvalue weighted by atomic mass is 9.86. The topological polar surface area (TPSA) is 63.5 Å². The Balaban J connectivity index is 1.73. The molecule has 1 aliphatic rings. The summed E-state index contributed by atoms with van der Waals surface area (Å²) in [7, 11) is 3.14. The number of thiophene rings is 1. The third kappa shape index (κ3) is 3.07. The Morgan fingerprint density at radius 3 is 2.66 bits per heavy atom. The van der Waals surface area contributed by atoms with Crippen LogP contribution in [0.2, 0.25) is 5.02 Å². The molecule has 1 amide bonds. The number of carbonyl (C=O) groups excluding carboxylic acids is 1. The molecule has 0 saturated heterocycles. The van der Waals surface area contributed by atoms with Crippen LogP contribution in [0.5, 0.6) is 0 Å². The van der Waals surface area contributed by atoms with Crippen LogP contribution in [0, 0.1) is 20.9 Å². The van der Waals surface area contributed by atoms with Crippen molar-refractivity contribution in [1.82, 2.24) is 0 Å². The minimum Gasteiger partial charge on any atom is -0.296 e. The smallest absolute Gasteiger partial charge is 0.270 e. The van der Waals surface area contributed by atoms with Crippen LogP contribution in [0.4, 0.5) is 11.4 Å². The molecule has 4 aromatic rings. The van der Waals surface area contributed by atoms with Gasteiger partial charge in [0.05, 0.1) is 26.0 Å². The van der Waals surface area contributed by atoms with Gasteiger partial charge in [-0.2, -0.15) is 0 Å². The molecule has 162 valence electrons. The van der Waals surface area contributed by atoms with Crippen LogP contribution in [0.3, 0.4) is 0 Å². The van der Waals surface area contributed by atoms with Crippen LogP contribution >= 0.6 is 55.8 Å². The summed E-state index contributed by atoms with van der Waals surface area (Å²) in [5.41, 5.74) is 3.17. The summed E-state index contributed by atoms with van der Waals surface area (Å²) in [4.78, 5) is 27.9. The Labute approximate surface area is 205 Å². The van der Waals surface area contributed by atoms with Crippen LogP contribution in [-0.4, -0.2) is 10.8 Å². The fourth-order valence-corrected chi connectivity index (χ4v) is 8.87. The molecule has 5 nitrogen and oxygen atoms in total. The lowest BCUT2D eigenvalue weighted by Crippen LogP contribution is -2.47. The number of benzene rings is 2. The van der Waals surface area contributed by atoms with Crippen molar-refractivity contribution < 1.29 is 9.72 Å². The highest BCUT2D eigenvalue weighted by Crippen LogP contribution is 2.53. The second kappa shape index (κ2) is 7.43. The van der Waals surface area contributed by atoms with Gasteiger partial charge in [-0.1, -0.05) is 56.1 Å². The zero-order valence-corrected chi connectivity index (χ0v) is 21.1. The van der Waals surface area contributed by atoms with Crippen LogP contribution in [-0.2, 0) is 5.54 Å². The number of aryl methyl sites for hydroxylation is 1. The zero-order valence-electron chi connectivity index (χ0n) is 17.1. The number of non-ortho nitro benzene ring substituents is 1. The fourth-order valence-electron chi connectivity index (χ4n) is 4.11. The Bertz CT molecular complexity index is 1520. The van der Waals surface area contributed by atoms with Crippen LogP contribution < -0.4 is 4.90 Å². The van der Waals surface area contributed by atoms with E-state index in [1.807, 2.05) is 32.9 Å². The maximum Gasteiger partial charge on any atom is 0.270 e. The molecule has 5 rings (SSSR count). The molecule has 0 radical (unpaired) electrons. The largest absolute Gasteiger partial charge is 0.296 e. The highest BCUT2D eigenvalue weighted by molar-refractivity contribution is 7.80. The van der Waals surface area contributed by atoms with E-state index in [-0.39, 0.29) is 11.6 Å². The molecule has 0 atom stereocenters. The molecule has 0 bridgehead atoms. The molecular weight excluding hydrogens is 504 g/mol. The number of amides is 1. The number of halogens is 1. The quantitative estimate of drug-likeness (QED) is 0.116. The van der Waals surface area contributed by atoms with E-state index in [4.69, 9.17) is 23.8 Å². The normalized spacial score (nSPS) is 14.3. The molecule has 32 heavy (non-hydrogen) atoms. The molecule has 0 fully saturated rings. The first-order valence-electron chi connectivity index (χ1n) is 9.57. The van der Waals surface area contributed by atoms with Gasteiger partial charge in [0, 0.05) is 33.3 Å². The molecule has 2 aromatic carbocycles. The highest BCUT2D eigenvalue weighted by Gasteiger charge is 2.44. The second-order valence-electron chi connectivity index (χ2n) is 8.06. The van der Waals surface area contributed by atoms with E-state index in [2.05, 4.69) is 6.07 Å². The molecule has 2 aromatic heterocycles. The molecule has 3 heterocycles. The molecule has 0 aliphatic carbocycles. The summed E-state index contributed by atoms with van der Waals surface area (Å²) in [5.74, 6) is -0.232. The lowest BCUT2D eigenvalue weighted by Gasteiger charge is -2.42. The van der Waals surface area contributed by atoms with E-state index in [0.29, 0.717) is 20.0 Å². The van der Waals surface area contributed by atoms with Gasteiger partial charge in [-0.25, -0.2) is 0 Å². The van der Waals surface area contributed by atoms with Crippen LogP contribution in [0.1, 0.15) is 34.0 Å². The molecule has 0 unspecified atom stereocenters. The van der Waals surface area contributed by atoms with Crippen LogP contribution in [0.15, 0.2) is 36.4 Å². The van der Waals surface area contributed by atoms with E-state index in [1.54, 1.807) is 31.6 Å². The van der Waals surface area contributed by atoms with Crippen molar-refractivity contribution in [3.63, 3.8) is 0 Å². The molecular formula is C22H15ClN2O3S4. The SMILES string of the molecule is Cc1ccc2c(c1)-c1c(ssc1=S)C(C)(C)N2C(=O)c1sc2cc([N+](=O)[O-])ccc2c1Cl. The van der Waals surface area contributed by atoms with E-state index in [0.717, 1.165) is 31.1 Å². The maximum atomic E-state index is 14.0. The predicted molar refractivity (Wildman–Crippen MR) is 137 cm³/mol. The number of carbonyl (C=O) groups is 1. The van der Waals surface area contributed by atoms with Crippen molar-refractivity contribution in [2.75, 3.05) is 4.90 Å². The molecule has 1 aliphatic heterocycles.